The molecule has 0 heterocycles. The highest BCUT2D eigenvalue weighted by Gasteiger charge is 2.08. The Labute approximate surface area is 185 Å². The molecule has 0 spiro atoms. The summed E-state index contributed by atoms with van der Waals surface area (Å²) in [6.45, 7) is 8.25. The quantitative estimate of drug-likeness (QED) is 0.299. The van der Waals surface area contributed by atoms with E-state index < -0.39 is 10.0 Å². The average Bonchev–Trinajstić information content (AvgIpc) is 2.63. The number of hydrogen-bond acceptors (Lipinski definition) is 3. The van der Waals surface area contributed by atoms with E-state index in [0.717, 1.165) is 24.6 Å². The predicted molar refractivity (Wildman–Crippen MR) is 126 cm³/mol. The van der Waals surface area contributed by atoms with Crippen molar-refractivity contribution in [1.29, 1.82) is 0 Å². The molecule has 2 aromatic carbocycles. The van der Waals surface area contributed by atoms with Gasteiger partial charge in [-0.05, 0) is 43.0 Å². The van der Waals surface area contributed by atoms with Crippen LogP contribution in [-0.2, 0) is 16.6 Å². The van der Waals surface area contributed by atoms with E-state index in [2.05, 4.69) is 53.7 Å². The van der Waals surface area contributed by atoms with Crippen LogP contribution < -0.4 is 15.8 Å². The van der Waals surface area contributed by atoms with Crippen LogP contribution in [0.4, 0.5) is 0 Å². The Hall–Kier alpha value is -1.65. The van der Waals surface area contributed by atoms with Gasteiger partial charge in [0, 0.05) is 13.1 Å². The summed E-state index contributed by atoms with van der Waals surface area (Å²) >= 11 is 0. The maximum absolute atomic E-state index is 11.3. The molecule has 154 valence electrons. The number of benzene rings is 2. The minimum atomic E-state index is -3.67. The summed E-state index contributed by atoms with van der Waals surface area (Å²) in [7, 11) is -3.67. The number of aryl methyl sites for hydroxylation is 1. The molecule has 28 heavy (non-hydrogen) atoms. The second-order valence-electron chi connectivity index (χ2n) is 6.58. The molecular weight excluding hydrogens is 487 g/mol. The van der Waals surface area contributed by atoms with Crippen LogP contribution in [0.15, 0.2) is 58.4 Å². The van der Waals surface area contributed by atoms with Crippen molar-refractivity contribution >= 4 is 40.0 Å². The molecule has 0 aliphatic heterocycles. The first-order valence-corrected chi connectivity index (χ1v) is 10.5. The zero-order chi connectivity index (χ0) is 19.9. The summed E-state index contributed by atoms with van der Waals surface area (Å²) in [5.41, 5.74) is 3.45. The molecule has 0 radical (unpaired) electrons. The van der Waals surface area contributed by atoms with Crippen LogP contribution in [0.1, 0.15) is 36.5 Å². The summed E-state index contributed by atoms with van der Waals surface area (Å²) in [5, 5.41) is 11.7. The SMILES string of the molecule is CCNC(=NCc1ccc(S(N)(=O)=O)cc1)NCC(C)c1cccc(C)c1.I. The molecule has 0 saturated heterocycles. The van der Waals surface area contributed by atoms with Gasteiger partial charge in [0.2, 0.25) is 10.0 Å². The van der Waals surface area contributed by atoms with Crippen molar-refractivity contribution in [3.05, 3.63) is 65.2 Å². The topological polar surface area (TPSA) is 96.6 Å². The Bertz CT molecular complexity index is 883. The third kappa shape index (κ3) is 7.76. The molecule has 1 atom stereocenters. The van der Waals surface area contributed by atoms with Gasteiger partial charge in [-0.15, -0.1) is 24.0 Å². The van der Waals surface area contributed by atoms with Crippen LogP contribution in [-0.4, -0.2) is 27.5 Å². The van der Waals surface area contributed by atoms with Crippen molar-refractivity contribution in [3.63, 3.8) is 0 Å². The molecular formula is C20H29IN4O2S. The Kier molecular flexibility index (Phi) is 9.91. The minimum Gasteiger partial charge on any atom is -0.357 e. The standard InChI is InChI=1S/C20H28N4O2S.HI/c1-4-22-20(23-13-16(3)18-7-5-6-15(2)12-18)24-14-17-8-10-19(11-9-17)27(21,25)26;/h5-12,16H,4,13-14H2,1-3H3,(H2,21,25,26)(H2,22,23,24);1H. The van der Waals surface area contributed by atoms with Gasteiger partial charge in [-0.3, -0.25) is 0 Å². The van der Waals surface area contributed by atoms with Gasteiger partial charge < -0.3 is 10.6 Å². The largest absolute Gasteiger partial charge is 0.357 e. The van der Waals surface area contributed by atoms with Gasteiger partial charge in [-0.2, -0.15) is 0 Å². The predicted octanol–water partition coefficient (Wildman–Crippen LogP) is 3.12. The van der Waals surface area contributed by atoms with Crippen molar-refractivity contribution in [3.8, 4) is 0 Å². The molecule has 1 unspecified atom stereocenters. The zero-order valence-electron chi connectivity index (χ0n) is 16.5. The van der Waals surface area contributed by atoms with Crippen molar-refractivity contribution in [1.82, 2.24) is 10.6 Å². The van der Waals surface area contributed by atoms with Crippen LogP contribution in [0.25, 0.3) is 0 Å². The molecule has 0 fully saturated rings. The second-order valence-corrected chi connectivity index (χ2v) is 8.14. The molecule has 4 N–H and O–H groups in total. The lowest BCUT2D eigenvalue weighted by atomic mass is 9.99. The van der Waals surface area contributed by atoms with Crippen LogP contribution >= 0.6 is 24.0 Å². The lowest BCUT2D eigenvalue weighted by Gasteiger charge is -2.16. The number of guanidine groups is 1. The molecule has 8 heteroatoms. The van der Waals surface area contributed by atoms with Crippen LogP contribution in [0.5, 0.6) is 0 Å². The first-order valence-electron chi connectivity index (χ1n) is 9.00. The van der Waals surface area contributed by atoms with Crippen molar-refractivity contribution < 1.29 is 8.42 Å². The number of hydrogen-bond donors (Lipinski definition) is 3. The van der Waals surface area contributed by atoms with E-state index in [1.54, 1.807) is 12.1 Å². The molecule has 6 nitrogen and oxygen atoms in total. The highest BCUT2D eigenvalue weighted by Crippen LogP contribution is 2.15. The fourth-order valence-corrected chi connectivity index (χ4v) is 3.16. The molecule has 0 amide bonds. The number of rotatable bonds is 7. The Morgan fingerprint density at radius 2 is 1.82 bits per heavy atom. The number of primary sulfonamides is 1. The van der Waals surface area contributed by atoms with Crippen LogP contribution in [0.2, 0.25) is 0 Å². The first kappa shape index (κ1) is 24.4. The number of nitrogens with one attached hydrogen (secondary N) is 2. The number of nitrogens with two attached hydrogens (primary N) is 1. The van der Waals surface area contributed by atoms with Gasteiger partial charge in [0.15, 0.2) is 5.96 Å². The van der Waals surface area contributed by atoms with E-state index in [1.165, 1.54) is 23.3 Å². The van der Waals surface area contributed by atoms with Gasteiger partial charge >= 0.3 is 0 Å². The van der Waals surface area contributed by atoms with Gasteiger partial charge in [-0.1, -0.05) is 48.9 Å². The summed E-state index contributed by atoms with van der Waals surface area (Å²) < 4.78 is 22.6. The van der Waals surface area contributed by atoms with E-state index in [1.807, 2.05) is 6.92 Å². The third-order valence-electron chi connectivity index (χ3n) is 4.20. The number of sulfonamides is 1. The van der Waals surface area contributed by atoms with Crippen LogP contribution in [0, 0.1) is 6.92 Å². The molecule has 0 aromatic heterocycles. The molecule has 2 rings (SSSR count). The third-order valence-corrected chi connectivity index (χ3v) is 5.13. The lowest BCUT2D eigenvalue weighted by Crippen LogP contribution is -2.39. The van der Waals surface area contributed by atoms with Crippen molar-refractivity contribution in [2.75, 3.05) is 13.1 Å². The maximum Gasteiger partial charge on any atom is 0.238 e. The van der Waals surface area contributed by atoms with Crippen molar-refractivity contribution in [2.45, 2.75) is 38.1 Å². The number of nitrogens with zero attached hydrogens (tertiary/aromatic N) is 1. The summed E-state index contributed by atoms with van der Waals surface area (Å²) in [6.07, 6.45) is 0. The average molecular weight is 516 g/mol. The van der Waals surface area contributed by atoms with E-state index >= 15 is 0 Å². The summed E-state index contributed by atoms with van der Waals surface area (Å²) in [5.74, 6) is 1.08. The molecule has 2 aromatic rings. The lowest BCUT2D eigenvalue weighted by molar-refractivity contribution is 0.598. The fraction of sp³-hybridized carbons (Fsp3) is 0.350. The monoisotopic (exact) mass is 516 g/mol. The molecule has 0 aliphatic carbocycles. The maximum atomic E-state index is 11.3. The van der Waals surface area contributed by atoms with E-state index in [0.29, 0.717) is 12.5 Å². The number of halogens is 1. The van der Waals surface area contributed by atoms with E-state index in [9.17, 15) is 8.42 Å². The Balaban J connectivity index is 0.00000392. The van der Waals surface area contributed by atoms with Gasteiger partial charge in [-0.25, -0.2) is 18.5 Å². The van der Waals surface area contributed by atoms with E-state index in [4.69, 9.17) is 5.14 Å². The summed E-state index contributed by atoms with van der Waals surface area (Å²) in [6, 6.07) is 15.0. The molecule has 0 aliphatic rings. The molecule has 0 bridgehead atoms. The van der Waals surface area contributed by atoms with E-state index in [-0.39, 0.29) is 28.9 Å². The summed E-state index contributed by atoms with van der Waals surface area (Å²) in [4.78, 5) is 4.68. The zero-order valence-corrected chi connectivity index (χ0v) is 19.6. The van der Waals surface area contributed by atoms with Gasteiger partial charge in [0.1, 0.15) is 0 Å². The minimum absolute atomic E-state index is 0. The van der Waals surface area contributed by atoms with Gasteiger partial charge in [0.25, 0.3) is 0 Å². The van der Waals surface area contributed by atoms with Gasteiger partial charge in [0.05, 0.1) is 11.4 Å². The van der Waals surface area contributed by atoms with Crippen molar-refractivity contribution in [2.24, 2.45) is 10.1 Å². The van der Waals surface area contributed by atoms with Crippen LogP contribution in [0.3, 0.4) is 0 Å². The highest BCUT2D eigenvalue weighted by molar-refractivity contribution is 14.0. The highest BCUT2D eigenvalue weighted by atomic mass is 127. The smallest absolute Gasteiger partial charge is 0.238 e. The number of aliphatic imine (C=N–C) groups is 1. The first-order chi connectivity index (χ1) is 12.8. The normalized spacial score (nSPS) is 12.8. The second kappa shape index (κ2) is 11.4. The Morgan fingerprint density at radius 3 is 2.39 bits per heavy atom. The Morgan fingerprint density at radius 1 is 1.14 bits per heavy atom. The molecule has 0 saturated carbocycles. The fourth-order valence-electron chi connectivity index (χ4n) is 2.64.